The molecular formula is C15H24N2O2. The molecule has 0 spiro atoms. The number of nitrogens with two attached hydrogens (primary N) is 1. The van der Waals surface area contributed by atoms with Crippen molar-refractivity contribution in [3.63, 3.8) is 0 Å². The number of benzene rings is 1. The molecule has 4 heteroatoms. The molecule has 1 heterocycles. The normalized spacial score (nSPS) is 18.2. The van der Waals surface area contributed by atoms with Crippen molar-refractivity contribution < 1.29 is 9.47 Å². The molecule has 1 aliphatic heterocycles. The van der Waals surface area contributed by atoms with Gasteiger partial charge < -0.3 is 15.2 Å². The molecular weight excluding hydrogens is 240 g/mol. The van der Waals surface area contributed by atoms with Gasteiger partial charge >= 0.3 is 0 Å². The molecule has 0 amide bonds. The number of rotatable bonds is 5. The minimum atomic E-state index is 0.524. The van der Waals surface area contributed by atoms with Crippen molar-refractivity contribution in [3.8, 4) is 5.75 Å². The summed E-state index contributed by atoms with van der Waals surface area (Å²) in [4.78, 5) is 2.45. The predicted molar refractivity (Wildman–Crippen MR) is 77.6 cm³/mol. The Balaban J connectivity index is 1.76. The van der Waals surface area contributed by atoms with E-state index in [0.717, 1.165) is 49.7 Å². The summed E-state index contributed by atoms with van der Waals surface area (Å²) in [5.74, 6) is 0.791. The van der Waals surface area contributed by atoms with Gasteiger partial charge in [0.15, 0.2) is 0 Å². The van der Waals surface area contributed by atoms with Crippen molar-refractivity contribution in [2.45, 2.75) is 26.3 Å². The van der Waals surface area contributed by atoms with Gasteiger partial charge in [0.1, 0.15) is 5.75 Å². The van der Waals surface area contributed by atoms with Crippen LogP contribution in [0.5, 0.6) is 5.75 Å². The summed E-state index contributed by atoms with van der Waals surface area (Å²) in [6.07, 6.45) is 1.01. The highest BCUT2D eigenvalue weighted by molar-refractivity contribution is 5.53. The van der Waals surface area contributed by atoms with E-state index in [9.17, 15) is 0 Å². The van der Waals surface area contributed by atoms with Gasteiger partial charge in [-0.2, -0.15) is 0 Å². The first-order chi connectivity index (χ1) is 9.16. The summed E-state index contributed by atoms with van der Waals surface area (Å²) in [6, 6.07) is 6.44. The summed E-state index contributed by atoms with van der Waals surface area (Å²) >= 11 is 0. The molecule has 1 aromatic carbocycles. The Morgan fingerprint density at radius 1 is 1.37 bits per heavy atom. The minimum absolute atomic E-state index is 0.524. The van der Waals surface area contributed by atoms with E-state index in [1.165, 1.54) is 0 Å². The van der Waals surface area contributed by atoms with Gasteiger partial charge in [0.05, 0.1) is 25.5 Å². The van der Waals surface area contributed by atoms with Crippen LogP contribution in [0.3, 0.4) is 0 Å². The highest BCUT2D eigenvalue weighted by Crippen LogP contribution is 2.22. The van der Waals surface area contributed by atoms with Crippen molar-refractivity contribution in [1.29, 1.82) is 0 Å². The number of nitrogens with zero attached hydrogens (tertiary/aromatic N) is 1. The van der Waals surface area contributed by atoms with Gasteiger partial charge in [0, 0.05) is 19.1 Å². The summed E-state index contributed by atoms with van der Waals surface area (Å²) in [7, 11) is 0. The second-order valence-electron chi connectivity index (χ2n) is 5.18. The summed E-state index contributed by atoms with van der Waals surface area (Å²) < 4.78 is 11.1. The zero-order valence-corrected chi connectivity index (χ0v) is 11.9. The van der Waals surface area contributed by atoms with Gasteiger partial charge in [0.2, 0.25) is 0 Å². The first-order valence-corrected chi connectivity index (χ1v) is 6.97. The fourth-order valence-corrected chi connectivity index (χ4v) is 2.34. The lowest BCUT2D eigenvalue weighted by atomic mass is 10.2. The molecule has 0 radical (unpaired) electrons. The molecule has 0 aliphatic carbocycles. The van der Waals surface area contributed by atoms with Crippen LogP contribution in [-0.2, 0) is 4.74 Å². The Bertz CT molecular complexity index is 403. The van der Waals surface area contributed by atoms with Crippen LogP contribution in [-0.4, -0.2) is 43.9 Å². The second-order valence-corrected chi connectivity index (χ2v) is 5.18. The Hall–Kier alpha value is -1.26. The monoisotopic (exact) mass is 264 g/mol. The van der Waals surface area contributed by atoms with E-state index < -0.39 is 0 Å². The SMILES string of the molecule is Cc1ccc(OCCC(C)N2CCOCC2)c(N)c1. The third-order valence-corrected chi connectivity index (χ3v) is 3.63. The average molecular weight is 264 g/mol. The van der Waals surface area contributed by atoms with Crippen LogP contribution in [0.1, 0.15) is 18.9 Å². The van der Waals surface area contributed by atoms with Gasteiger partial charge in [-0.1, -0.05) is 6.07 Å². The molecule has 0 bridgehead atoms. The highest BCUT2D eigenvalue weighted by atomic mass is 16.5. The van der Waals surface area contributed by atoms with E-state index in [1.807, 2.05) is 25.1 Å². The molecule has 4 nitrogen and oxygen atoms in total. The Labute approximate surface area is 115 Å². The van der Waals surface area contributed by atoms with Crippen LogP contribution >= 0.6 is 0 Å². The number of hydrogen-bond acceptors (Lipinski definition) is 4. The summed E-state index contributed by atoms with van der Waals surface area (Å²) in [5.41, 5.74) is 7.81. The maximum atomic E-state index is 5.93. The minimum Gasteiger partial charge on any atom is -0.491 e. The number of anilines is 1. The molecule has 0 aromatic heterocycles. The lowest BCUT2D eigenvalue weighted by molar-refractivity contribution is 0.0162. The lowest BCUT2D eigenvalue weighted by Gasteiger charge is -2.32. The number of morpholine rings is 1. The summed E-state index contributed by atoms with van der Waals surface area (Å²) in [5, 5.41) is 0. The van der Waals surface area contributed by atoms with Gasteiger partial charge in [-0.05, 0) is 38.0 Å². The zero-order valence-electron chi connectivity index (χ0n) is 11.9. The maximum absolute atomic E-state index is 5.93. The van der Waals surface area contributed by atoms with Gasteiger partial charge in [0.25, 0.3) is 0 Å². The zero-order chi connectivity index (χ0) is 13.7. The van der Waals surface area contributed by atoms with Crippen molar-refractivity contribution in [2.75, 3.05) is 38.6 Å². The molecule has 1 unspecified atom stereocenters. The van der Waals surface area contributed by atoms with Crippen molar-refractivity contribution >= 4 is 5.69 Å². The fraction of sp³-hybridized carbons (Fsp3) is 0.600. The Kier molecular flexibility index (Phi) is 5.05. The summed E-state index contributed by atoms with van der Waals surface area (Å²) in [6.45, 7) is 8.70. The standard InChI is InChI=1S/C15H24N2O2/c1-12-3-4-15(14(16)11-12)19-8-5-13(2)17-6-9-18-10-7-17/h3-4,11,13H,5-10,16H2,1-2H3. The van der Waals surface area contributed by atoms with Crippen LogP contribution in [0.15, 0.2) is 18.2 Å². The van der Waals surface area contributed by atoms with Crippen LogP contribution in [0, 0.1) is 6.92 Å². The Morgan fingerprint density at radius 2 is 2.11 bits per heavy atom. The topological polar surface area (TPSA) is 47.7 Å². The smallest absolute Gasteiger partial charge is 0.142 e. The van der Waals surface area contributed by atoms with Crippen molar-refractivity contribution in [2.24, 2.45) is 0 Å². The van der Waals surface area contributed by atoms with Crippen molar-refractivity contribution in [3.05, 3.63) is 23.8 Å². The van der Waals surface area contributed by atoms with Crippen molar-refractivity contribution in [1.82, 2.24) is 4.90 Å². The number of hydrogen-bond donors (Lipinski definition) is 1. The number of nitrogen functional groups attached to an aromatic ring is 1. The van der Waals surface area contributed by atoms with Crippen LogP contribution in [0.2, 0.25) is 0 Å². The lowest BCUT2D eigenvalue weighted by Crippen LogP contribution is -2.42. The van der Waals surface area contributed by atoms with E-state index in [-0.39, 0.29) is 0 Å². The van der Waals surface area contributed by atoms with Gasteiger partial charge in [-0.25, -0.2) is 0 Å². The Morgan fingerprint density at radius 3 is 2.79 bits per heavy atom. The molecule has 1 fully saturated rings. The van der Waals surface area contributed by atoms with Crippen LogP contribution in [0.4, 0.5) is 5.69 Å². The molecule has 19 heavy (non-hydrogen) atoms. The molecule has 1 aliphatic rings. The molecule has 2 N–H and O–H groups in total. The van der Waals surface area contributed by atoms with E-state index >= 15 is 0 Å². The van der Waals surface area contributed by atoms with Crippen LogP contribution < -0.4 is 10.5 Å². The van der Waals surface area contributed by atoms with E-state index in [0.29, 0.717) is 12.6 Å². The van der Waals surface area contributed by atoms with E-state index in [2.05, 4.69) is 11.8 Å². The third-order valence-electron chi connectivity index (χ3n) is 3.63. The second kappa shape index (κ2) is 6.78. The number of ether oxygens (including phenoxy) is 2. The fourth-order valence-electron chi connectivity index (χ4n) is 2.34. The molecule has 1 saturated heterocycles. The average Bonchev–Trinajstić information content (AvgIpc) is 2.42. The molecule has 0 saturated carbocycles. The quantitative estimate of drug-likeness (QED) is 0.827. The maximum Gasteiger partial charge on any atom is 0.142 e. The van der Waals surface area contributed by atoms with Crippen LogP contribution in [0.25, 0.3) is 0 Å². The number of aryl methyl sites for hydroxylation is 1. The molecule has 1 aromatic rings. The largest absolute Gasteiger partial charge is 0.491 e. The van der Waals surface area contributed by atoms with Gasteiger partial charge in [-0.3, -0.25) is 4.90 Å². The first-order valence-electron chi connectivity index (χ1n) is 6.97. The highest BCUT2D eigenvalue weighted by Gasteiger charge is 2.16. The van der Waals surface area contributed by atoms with E-state index in [4.69, 9.17) is 15.2 Å². The van der Waals surface area contributed by atoms with E-state index in [1.54, 1.807) is 0 Å². The van der Waals surface area contributed by atoms with Gasteiger partial charge in [-0.15, -0.1) is 0 Å². The molecule has 1 atom stereocenters. The molecule has 106 valence electrons. The predicted octanol–water partition coefficient (Wildman–Crippen LogP) is 2.07. The third kappa shape index (κ3) is 4.11. The first kappa shape index (κ1) is 14.2. The molecule has 2 rings (SSSR count).